The Balaban J connectivity index is 1.70. The van der Waals surface area contributed by atoms with Crippen molar-refractivity contribution in [3.05, 3.63) is 53.6 Å². The number of carbonyl (C=O) groups is 1. The van der Waals surface area contributed by atoms with Crippen molar-refractivity contribution in [2.45, 2.75) is 18.7 Å². The number of nitrogens with zero attached hydrogens (tertiary/aromatic N) is 1. The number of aryl methyl sites for hydroxylation is 1. The van der Waals surface area contributed by atoms with Gasteiger partial charge >= 0.3 is 0 Å². The second-order valence-corrected chi connectivity index (χ2v) is 8.35. The molecular weight excluding hydrogens is 380 g/mol. The number of carbonyl (C=O) groups excluding carboxylic acids is 1. The number of morpholine rings is 1. The number of hydrogen-bond donors (Lipinski definition) is 1. The molecule has 150 valence electrons. The monoisotopic (exact) mass is 404 g/mol. The SMILES string of the molecule is CCOc1ccc(C(=O)Nc2ccc(S(=O)(=O)N3CCOCC3)cc2)cc1C. The first-order valence-corrected chi connectivity index (χ1v) is 10.6. The number of hydrogen-bond acceptors (Lipinski definition) is 5. The van der Waals surface area contributed by atoms with Crippen molar-refractivity contribution in [3.8, 4) is 5.75 Å². The molecule has 0 atom stereocenters. The van der Waals surface area contributed by atoms with Crippen molar-refractivity contribution >= 4 is 21.6 Å². The fourth-order valence-electron chi connectivity index (χ4n) is 2.96. The summed E-state index contributed by atoms with van der Waals surface area (Å²) in [5.74, 6) is 0.478. The molecule has 0 spiro atoms. The Hall–Kier alpha value is -2.42. The molecule has 8 heteroatoms. The number of ether oxygens (including phenoxy) is 2. The van der Waals surface area contributed by atoms with Gasteiger partial charge in [0.2, 0.25) is 10.0 Å². The van der Waals surface area contributed by atoms with E-state index in [1.54, 1.807) is 30.3 Å². The highest BCUT2D eigenvalue weighted by Crippen LogP contribution is 2.22. The summed E-state index contributed by atoms with van der Waals surface area (Å²) in [6, 6.07) is 11.4. The summed E-state index contributed by atoms with van der Waals surface area (Å²) in [7, 11) is -3.55. The van der Waals surface area contributed by atoms with E-state index in [0.717, 1.165) is 11.3 Å². The zero-order chi connectivity index (χ0) is 20.1. The van der Waals surface area contributed by atoms with E-state index in [4.69, 9.17) is 9.47 Å². The van der Waals surface area contributed by atoms with E-state index < -0.39 is 10.0 Å². The summed E-state index contributed by atoms with van der Waals surface area (Å²) < 4.78 is 37.4. The lowest BCUT2D eigenvalue weighted by atomic mass is 10.1. The van der Waals surface area contributed by atoms with Crippen molar-refractivity contribution in [2.24, 2.45) is 0 Å². The Bertz CT molecular complexity index is 936. The van der Waals surface area contributed by atoms with E-state index in [2.05, 4.69) is 5.32 Å². The third-order valence-corrected chi connectivity index (χ3v) is 6.37. The maximum absolute atomic E-state index is 12.6. The predicted molar refractivity (Wildman–Crippen MR) is 106 cm³/mol. The van der Waals surface area contributed by atoms with Gasteiger partial charge in [-0.3, -0.25) is 4.79 Å². The van der Waals surface area contributed by atoms with Crippen LogP contribution in [0.2, 0.25) is 0 Å². The molecule has 1 amide bonds. The van der Waals surface area contributed by atoms with Crippen LogP contribution in [0.3, 0.4) is 0 Å². The van der Waals surface area contributed by atoms with Gasteiger partial charge in [0.25, 0.3) is 5.91 Å². The molecule has 1 aliphatic rings. The van der Waals surface area contributed by atoms with E-state index in [0.29, 0.717) is 44.2 Å². The summed E-state index contributed by atoms with van der Waals surface area (Å²) >= 11 is 0. The number of rotatable bonds is 6. The maximum Gasteiger partial charge on any atom is 0.255 e. The molecule has 1 fully saturated rings. The molecule has 3 rings (SSSR count). The van der Waals surface area contributed by atoms with Gasteiger partial charge in [0.05, 0.1) is 24.7 Å². The van der Waals surface area contributed by atoms with Gasteiger partial charge < -0.3 is 14.8 Å². The summed E-state index contributed by atoms with van der Waals surface area (Å²) in [4.78, 5) is 12.7. The van der Waals surface area contributed by atoms with Crippen molar-refractivity contribution < 1.29 is 22.7 Å². The number of anilines is 1. The molecule has 7 nitrogen and oxygen atoms in total. The molecule has 1 saturated heterocycles. The predicted octanol–water partition coefficient (Wildman–Crippen LogP) is 2.67. The summed E-state index contributed by atoms with van der Waals surface area (Å²) in [6.07, 6.45) is 0. The first kappa shape index (κ1) is 20.3. The van der Waals surface area contributed by atoms with E-state index in [9.17, 15) is 13.2 Å². The van der Waals surface area contributed by atoms with Crippen molar-refractivity contribution in [1.82, 2.24) is 4.31 Å². The zero-order valence-electron chi connectivity index (χ0n) is 16.0. The van der Waals surface area contributed by atoms with Crippen LogP contribution in [-0.2, 0) is 14.8 Å². The van der Waals surface area contributed by atoms with E-state index >= 15 is 0 Å². The van der Waals surface area contributed by atoms with Crippen molar-refractivity contribution in [3.63, 3.8) is 0 Å². The molecule has 1 heterocycles. The van der Waals surface area contributed by atoms with Crippen LogP contribution in [0.15, 0.2) is 47.4 Å². The molecule has 2 aromatic carbocycles. The highest BCUT2D eigenvalue weighted by molar-refractivity contribution is 7.89. The number of sulfonamides is 1. The molecular formula is C20H24N2O5S. The zero-order valence-corrected chi connectivity index (χ0v) is 16.8. The number of nitrogens with one attached hydrogen (secondary N) is 1. The normalized spacial score (nSPS) is 15.2. The minimum atomic E-state index is -3.55. The summed E-state index contributed by atoms with van der Waals surface area (Å²) in [6.45, 7) is 5.84. The minimum Gasteiger partial charge on any atom is -0.494 e. The van der Waals surface area contributed by atoms with Crippen molar-refractivity contribution in [1.29, 1.82) is 0 Å². The van der Waals surface area contributed by atoms with Crippen LogP contribution in [0.4, 0.5) is 5.69 Å². The third-order valence-electron chi connectivity index (χ3n) is 4.46. The second-order valence-electron chi connectivity index (χ2n) is 6.41. The first-order valence-electron chi connectivity index (χ1n) is 9.14. The summed E-state index contributed by atoms with van der Waals surface area (Å²) in [5, 5.41) is 2.79. The Morgan fingerprint density at radius 2 is 1.82 bits per heavy atom. The second kappa shape index (κ2) is 8.72. The lowest BCUT2D eigenvalue weighted by Gasteiger charge is -2.26. The Labute approximate surface area is 165 Å². The first-order chi connectivity index (χ1) is 13.4. The highest BCUT2D eigenvalue weighted by Gasteiger charge is 2.26. The molecule has 0 bridgehead atoms. The van der Waals surface area contributed by atoms with Crippen LogP contribution in [0.25, 0.3) is 0 Å². The molecule has 0 unspecified atom stereocenters. The number of amides is 1. The lowest BCUT2D eigenvalue weighted by molar-refractivity contribution is 0.0730. The quantitative estimate of drug-likeness (QED) is 0.800. The van der Waals surface area contributed by atoms with Gasteiger partial charge in [0, 0.05) is 24.3 Å². The average Bonchev–Trinajstić information content (AvgIpc) is 2.70. The third kappa shape index (κ3) is 4.52. The average molecular weight is 404 g/mol. The van der Waals surface area contributed by atoms with E-state index in [-0.39, 0.29) is 10.8 Å². The van der Waals surface area contributed by atoms with Gasteiger partial charge in [-0.25, -0.2) is 8.42 Å². The van der Waals surface area contributed by atoms with Gasteiger partial charge in [0.15, 0.2) is 0 Å². The highest BCUT2D eigenvalue weighted by atomic mass is 32.2. The van der Waals surface area contributed by atoms with Crippen LogP contribution in [0, 0.1) is 6.92 Å². The van der Waals surface area contributed by atoms with Crippen LogP contribution >= 0.6 is 0 Å². The van der Waals surface area contributed by atoms with Crippen molar-refractivity contribution in [2.75, 3.05) is 38.2 Å². The van der Waals surface area contributed by atoms with Crippen LogP contribution in [0.1, 0.15) is 22.8 Å². The molecule has 0 radical (unpaired) electrons. The Morgan fingerprint density at radius 1 is 1.14 bits per heavy atom. The molecule has 0 saturated carbocycles. The number of benzene rings is 2. The molecule has 2 aromatic rings. The van der Waals surface area contributed by atoms with E-state index in [1.165, 1.54) is 16.4 Å². The standard InChI is InChI=1S/C20H24N2O5S/c1-3-27-19-9-4-16(14-15(19)2)20(23)21-17-5-7-18(8-6-17)28(24,25)22-10-12-26-13-11-22/h4-9,14H,3,10-13H2,1-2H3,(H,21,23). The largest absolute Gasteiger partial charge is 0.494 e. The van der Waals surface area contributed by atoms with Gasteiger partial charge in [-0.05, 0) is 61.9 Å². The van der Waals surface area contributed by atoms with Gasteiger partial charge in [-0.2, -0.15) is 4.31 Å². The fourth-order valence-corrected chi connectivity index (χ4v) is 4.37. The minimum absolute atomic E-state index is 0.198. The van der Waals surface area contributed by atoms with Crippen LogP contribution < -0.4 is 10.1 Å². The smallest absolute Gasteiger partial charge is 0.255 e. The topological polar surface area (TPSA) is 84.9 Å². The molecule has 1 aliphatic heterocycles. The molecule has 1 N–H and O–H groups in total. The molecule has 28 heavy (non-hydrogen) atoms. The van der Waals surface area contributed by atoms with E-state index in [1.807, 2.05) is 13.8 Å². The fraction of sp³-hybridized carbons (Fsp3) is 0.350. The maximum atomic E-state index is 12.6. The lowest BCUT2D eigenvalue weighted by Crippen LogP contribution is -2.40. The van der Waals surface area contributed by atoms with Gasteiger partial charge in [-0.1, -0.05) is 0 Å². The molecule has 0 aromatic heterocycles. The Morgan fingerprint density at radius 3 is 2.43 bits per heavy atom. The summed E-state index contributed by atoms with van der Waals surface area (Å²) in [5.41, 5.74) is 1.91. The van der Waals surface area contributed by atoms with Gasteiger partial charge in [0.1, 0.15) is 5.75 Å². The van der Waals surface area contributed by atoms with Gasteiger partial charge in [-0.15, -0.1) is 0 Å². The van der Waals surface area contributed by atoms with Crippen LogP contribution in [0.5, 0.6) is 5.75 Å². The Kier molecular flexibility index (Phi) is 6.33. The molecule has 0 aliphatic carbocycles. The van der Waals surface area contributed by atoms with Crippen LogP contribution in [-0.4, -0.2) is 51.5 Å².